The van der Waals surface area contributed by atoms with Gasteiger partial charge in [0.25, 0.3) is 0 Å². The summed E-state index contributed by atoms with van der Waals surface area (Å²) >= 11 is 0. The summed E-state index contributed by atoms with van der Waals surface area (Å²) < 4.78 is 43.1. The normalized spacial score (nSPS) is 30.2. The molecular weight excluding hydrogens is 624 g/mol. The zero-order valence-electron chi connectivity index (χ0n) is 29.2. The SMILES string of the molecule is CC1(C)OB(c2ccc3c(c2)C2(CCC3)Cc3nc(OC[C@@]45CCCN4C[C@H](F)C5)nc(N4CCCn5nncc5C4)c3CO2)OC1(C)C. The highest BCUT2D eigenvalue weighted by Crippen LogP contribution is 2.47. The number of ether oxygens (including phenoxy) is 2. The predicted octanol–water partition coefficient (Wildman–Crippen LogP) is 4.04. The van der Waals surface area contributed by atoms with E-state index in [2.05, 4.69) is 66.0 Å². The topological polar surface area (TPSA) is 99.9 Å². The first-order chi connectivity index (χ1) is 23.5. The van der Waals surface area contributed by atoms with Crippen molar-refractivity contribution in [2.75, 3.05) is 31.1 Å². The van der Waals surface area contributed by atoms with Gasteiger partial charge in [-0.2, -0.15) is 9.97 Å². The molecule has 1 aliphatic carbocycles. The summed E-state index contributed by atoms with van der Waals surface area (Å²) in [6.45, 7) is 12.8. The Kier molecular flexibility index (Phi) is 7.43. The summed E-state index contributed by atoms with van der Waals surface area (Å²) in [5, 5.41) is 8.46. The van der Waals surface area contributed by atoms with Gasteiger partial charge in [-0.25, -0.2) is 9.07 Å². The number of hydrogen-bond donors (Lipinski definition) is 0. The van der Waals surface area contributed by atoms with Crippen LogP contribution in [0.25, 0.3) is 0 Å². The van der Waals surface area contributed by atoms with Crippen LogP contribution < -0.4 is 15.1 Å². The largest absolute Gasteiger partial charge is 0.494 e. The molecule has 1 aromatic carbocycles. The van der Waals surface area contributed by atoms with Crippen LogP contribution in [0.3, 0.4) is 0 Å². The Labute approximate surface area is 288 Å². The van der Waals surface area contributed by atoms with Gasteiger partial charge in [-0.1, -0.05) is 23.4 Å². The van der Waals surface area contributed by atoms with E-state index in [0.717, 1.165) is 86.4 Å². The van der Waals surface area contributed by atoms with Crippen LogP contribution >= 0.6 is 0 Å². The number of aryl methyl sites for hydroxylation is 2. The maximum absolute atomic E-state index is 14.6. The summed E-state index contributed by atoms with van der Waals surface area (Å²) in [5.41, 5.74) is 4.89. The highest BCUT2D eigenvalue weighted by Gasteiger charge is 2.53. The van der Waals surface area contributed by atoms with Crippen molar-refractivity contribution in [1.29, 1.82) is 0 Å². The minimum atomic E-state index is -0.815. The number of fused-ring (bicyclic) bond motifs is 5. The molecule has 0 bridgehead atoms. The van der Waals surface area contributed by atoms with Crippen molar-refractivity contribution in [3.63, 3.8) is 0 Å². The third kappa shape index (κ3) is 5.29. The first kappa shape index (κ1) is 31.8. The first-order valence-corrected chi connectivity index (χ1v) is 18.2. The Morgan fingerprint density at radius 1 is 1.02 bits per heavy atom. The van der Waals surface area contributed by atoms with Gasteiger partial charge < -0.3 is 23.7 Å². The fourth-order valence-electron chi connectivity index (χ4n) is 9.15. The highest BCUT2D eigenvalue weighted by molar-refractivity contribution is 6.62. The Balaban J connectivity index is 1.07. The molecule has 1 spiro atoms. The minimum absolute atomic E-state index is 0.282. The predicted molar refractivity (Wildman–Crippen MR) is 182 cm³/mol. The number of aromatic nitrogens is 5. The van der Waals surface area contributed by atoms with Gasteiger partial charge in [-0.3, -0.25) is 4.90 Å². The molecule has 49 heavy (non-hydrogen) atoms. The number of benzene rings is 1. The Morgan fingerprint density at radius 3 is 2.73 bits per heavy atom. The highest BCUT2D eigenvalue weighted by atomic mass is 19.1. The molecule has 0 N–H and O–H groups in total. The van der Waals surface area contributed by atoms with Crippen molar-refractivity contribution >= 4 is 18.4 Å². The number of rotatable bonds is 5. The van der Waals surface area contributed by atoms with Crippen LogP contribution in [-0.2, 0) is 52.2 Å². The van der Waals surface area contributed by atoms with Gasteiger partial charge >= 0.3 is 13.1 Å². The molecule has 3 aromatic rings. The average molecular weight is 672 g/mol. The van der Waals surface area contributed by atoms with E-state index in [0.29, 0.717) is 45.2 Å². The summed E-state index contributed by atoms with van der Waals surface area (Å²) in [4.78, 5) is 14.8. The minimum Gasteiger partial charge on any atom is -0.461 e. The smallest absolute Gasteiger partial charge is 0.461 e. The number of anilines is 1. The molecular formula is C36H47BFN7O4. The van der Waals surface area contributed by atoms with E-state index in [1.54, 1.807) is 0 Å². The van der Waals surface area contributed by atoms with E-state index < -0.39 is 30.1 Å². The molecule has 2 aromatic heterocycles. The van der Waals surface area contributed by atoms with Crippen LogP contribution in [0, 0.1) is 0 Å². The number of hydrogen-bond acceptors (Lipinski definition) is 10. The van der Waals surface area contributed by atoms with Crippen molar-refractivity contribution in [1.82, 2.24) is 29.9 Å². The van der Waals surface area contributed by atoms with E-state index in [-0.39, 0.29) is 5.54 Å². The fraction of sp³-hybridized carbons (Fsp3) is 0.667. The lowest BCUT2D eigenvalue weighted by Gasteiger charge is -2.43. The molecule has 260 valence electrons. The third-order valence-corrected chi connectivity index (χ3v) is 12.6. The molecule has 11 nitrogen and oxygen atoms in total. The summed E-state index contributed by atoms with van der Waals surface area (Å²) in [5.74, 6) is 0.849. The molecule has 9 rings (SSSR count). The Morgan fingerprint density at radius 2 is 1.88 bits per heavy atom. The van der Waals surface area contributed by atoms with Gasteiger partial charge in [0.05, 0.1) is 53.1 Å². The second-order valence-electron chi connectivity index (χ2n) is 16.2. The summed E-state index contributed by atoms with van der Waals surface area (Å²) in [6, 6.07) is 7.01. The maximum Gasteiger partial charge on any atom is 0.494 e. The second-order valence-corrected chi connectivity index (χ2v) is 16.2. The van der Waals surface area contributed by atoms with Crippen LogP contribution in [0.5, 0.6) is 6.01 Å². The van der Waals surface area contributed by atoms with Crippen LogP contribution in [0.2, 0.25) is 0 Å². The van der Waals surface area contributed by atoms with Crippen molar-refractivity contribution in [2.45, 2.75) is 127 Å². The van der Waals surface area contributed by atoms with Crippen LogP contribution in [0.15, 0.2) is 24.4 Å². The van der Waals surface area contributed by atoms with Crippen LogP contribution in [-0.4, -0.2) is 86.1 Å². The zero-order valence-corrected chi connectivity index (χ0v) is 29.2. The lowest BCUT2D eigenvalue weighted by atomic mass is 9.70. The Bertz CT molecular complexity index is 1750. The quantitative estimate of drug-likeness (QED) is 0.370. The standard InChI is InChI=1S/C36H47BFN7O4/c1-33(2)34(3,4)49-37(48-33)25-10-9-24-8-5-12-36(29(24)16-25)18-30-28(22-47-36)31(43-13-7-15-45-27(21-43)19-39-42-45)41-32(40-30)46-23-35-11-6-14-44(35)20-26(38)17-35/h9-10,16,19,26H,5-8,11-15,17-18,20-23H2,1-4H3/t26-,35+,36?/m1/s1. The van der Waals surface area contributed by atoms with E-state index in [4.69, 9.17) is 28.8 Å². The molecule has 0 saturated carbocycles. The van der Waals surface area contributed by atoms with Crippen LogP contribution in [0.4, 0.5) is 10.2 Å². The molecule has 0 amide bonds. The fourth-order valence-corrected chi connectivity index (χ4v) is 9.15. The van der Waals surface area contributed by atoms with Crippen molar-refractivity contribution in [3.8, 4) is 6.01 Å². The van der Waals surface area contributed by atoms with Crippen molar-refractivity contribution in [2.24, 2.45) is 0 Å². The molecule has 7 heterocycles. The van der Waals surface area contributed by atoms with Gasteiger partial charge in [0.1, 0.15) is 18.6 Å². The molecule has 3 fully saturated rings. The molecule has 6 aliphatic rings. The van der Waals surface area contributed by atoms with Gasteiger partial charge in [0, 0.05) is 38.0 Å². The van der Waals surface area contributed by atoms with E-state index in [1.807, 2.05) is 10.9 Å². The number of alkyl halides is 1. The summed E-state index contributed by atoms with van der Waals surface area (Å²) in [7, 11) is -0.445. The second kappa shape index (κ2) is 11.4. The molecule has 0 radical (unpaired) electrons. The van der Waals surface area contributed by atoms with Crippen LogP contribution in [0.1, 0.15) is 94.3 Å². The molecule has 3 saturated heterocycles. The molecule has 5 aliphatic heterocycles. The number of nitrogens with zero attached hydrogens (tertiary/aromatic N) is 7. The van der Waals surface area contributed by atoms with Gasteiger partial charge in [0.15, 0.2) is 0 Å². The molecule has 13 heteroatoms. The Hall–Kier alpha value is -3.13. The lowest BCUT2D eigenvalue weighted by molar-refractivity contribution is -0.0855. The third-order valence-electron chi connectivity index (χ3n) is 12.6. The molecule has 1 unspecified atom stereocenters. The summed E-state index contributed by atoms with van der Waals surface area (Å²) in [6.07, 6.45) is 8.00. The van der Waals surface area contributed by atoms with Gasteiger partial charge in [0.2, 0.25) is 0 Å². The zero-order chi connectivity index (χ0) is 33.6. The average Bonchev–Trinajstić information content (AvgIpc) is 3.77. The number of halogens is 1. The van der Waals surface area contributed by atoms with E-state index >= 15 is 0 Å². The van der Waals surface area contributed by atoms with Gasteiger partial charge in [-0.15, -0.1) is 5.10 Å². The lowest BCUT2D eigenvalue weighted by Crippen LogP contribution is -2.44. The van der Waals surface area contributed by atoms with E-state index in [1.165, 1.54) is 11.1 Å². The molecule has 3 atom stereocenters. The first-order valence-electron chi connectivity index (χ1n) is 18.2. The monoisotopic (exact) mass is 671 g/mol. The van der Waals surface area contributed by atoms with Gasteiger partial charge in [-0.05, 0) is 89.4 Å². The van der Waals surface area contributed by atoms with Crippen molar-refractivity contribution < 1.29 is 23.2 Å². The van der Waals surface area contributed by atoms with E-state index in [9.17, 15) is 4.39 Å². The van der Waals surface area contributed by atoms with Crippen molar-refractivity contribution in [3.05, 3.63) is 52.5 Å². The maximum atomic E-state index is 14.6.